The highest BCUT2D eigenvalue weighted by atomic mass is 16.4. The third kappa shape index (κ3) is 2.88. The van der Waals surface area contributed by atoms with Gasteiger partial charge in [-0.1, -0.05) is 0 Å². The van der Waals surface area contributed by atoms with E-state index in [0.717, 1.165) is 23.4 Å². The standard InChI is InChI=1S/C12H16N4O/c1-8-6-9(2)14-10(7-8)12-16-15-11(17-12)4-3-5-13/h6-7H,3-5,13H2,1-2H3. The van der Waals surface area contributed by atoms with Crippen molar-refractivity contribution in [1.29, 1.82) is 0 Å². The van der Waals surface area contributed by atoms with E-state index in [0.29, 0.717) is 24.7 Å². The average molecular weight is 232 g/mol. The molecule has 0 amide bonds. The Balaban J connectivity index is 2.24. The monoisotopic (exact) mass is 232 g/mol. The molecule has 0 unspecified atom stereocenters. The Morgan fingerprint density at radius 1 is 1.24 bits per heavy atom. The summed E-state index contributed by atoms with van der Waals surface area (Å²) in [7, 11) is 0. The van der Waals surface area contributed by atoms with Crippen molar-refractivity contribution >= 4 is 0 Å². The predicted molar refractivity (Wildman–Crippen MR) is 64.4 cm³/mol. The van der Waals surface area contributed by atoms with Gasteiger partial charge in [-0.3, -0.25) is 0 Å². The second kappa shape index (κ2) is 5.05. The van der Waals surface area contributed by atoms with E-state index in [1.165, 1.54) is 0 Å². The van der Waals surface area contributed by atoms with Gasteiger partial charge in [0.1, 0.15) is 5.69 Å². The topological polar surface area (TPSA) is 77.8 Å². The lowest BCUT2D eigenvalue weighted by Gasteiger charge is -1.99. The van der Waals surface area contributed by atoms with Gasteiger partial charge in [-0.15, -0.1) is 10.2 Å². The zero-order valence-electron chi connectivity index (χ0n) is 10.1. The third-order valence-electron chi connectivity index (χ3n) is 2.38. The van der Waals surface area contributed by atoms with Crippen molar-refractivity contribution in [3.63, 3.8) is 0 Å². The summed E-state index contributed by atoms with van der Waals surface area (Å²) < 4.78 is 5.54. The summed E-state index contributed by atoms with van der Waals surface area (Å²) in [5.74, 6) is 1.09. The lowest BCUT2D eigenvalue weighted by atomic mass is 10.2. The largest absolute Gasteiger partial charge is 0.419 e. The molecule has 0 aliphatic rings. The van der Waals surface area contributed by atoms with Crippen LogP contribution >= 0.6 is 0 Å². The summed E-state index contributed by atoms with van der Waals surface area (Å²) in [6.07, 6.45) is 1.57. The van der Waals surface area contributed by atoms with Crippen molar-refractivity contribution < 1.29 is 4.42 Å². The average Bonchev–Trinajstić information content (AvgIpc) is 2.73. The van der Waals surface area contributed by atoms with Gasteiger partial charge in [-0.25, -0.2) is 4.98 Å². The van der Waals surface area contributed by atoms with E-state index >= 15 is 0 Å². The molecule has 0 spiro atoms. The minimum absolute atomic E-state index is 0.476. The predicted octanol–water partition coefficient (Wildman–Crippen LogP) is 1.64. The molecule has 0 aromatic carbocycles. The fraction of sp³-hybridized carbons (Fsp3) is 0.417. The van der Waals surface area contributed by atoms with Crippen molar-refractivity contribution in [2.75, 3.05) is 6.54 Å². The minimum Gasteiger partial charge on any atom is -0.419 e. The molecule has 5 nitrogen and oxygen atoms in total. The summed E-state index contributed by atoms with van der Waals surface area (Å²) in [5.41, 5.74) is 8.24. The van der Waals surface area contributed by atoms with E-state index < -0.39 is 0 Å². The second-order valence-corrected chi connectivity index (χ2v) is 4.06. The van der Waals surface area contributed by atoms with Gasteiger partial charge >= 0.3 is 0 Å². The van der Waals surface area contributed by atoms with Crippen LogP contribution in [-0.2, 0) is 6.42 Å². The van der Waals surface area contributed by atoms with Crippen LogP contribution in [0.3, 0.4) is 0 Å². The number of nitrogens with zero attached hydrogens (tertiary/aromatic N) is 3. The fourth-order valence-corrected chi connectivity index (χ4v) is 1.66. The molecule has 0 radical (unpaired) electrons. The zero-order chi connectivity index (χ0) is 12.3. The van der Waals surface area contributed by atoms with Crippen molar-refractivity contribution in [3.8, 4) is 11.6 Å². The molecule has 2 aromatic rings. The Hall–Kier alpha value is -1.75. The number of hydrogen-bond acceptors (Lipinski definition) is 5. The van der Waals surface area contributed by atoms with Gasteiger partial charge in [0.15, 0.2) is 0 Å². The SMILES string of the molecule is Cc1cc(C)nc(-c2nnc(CCCN)o2)c1. The van der Waals surface area contributed by atoms with Crippen LogP contribution in [0.15, 0.2) is 16.5 Å². The molecule has 0 bridgehead atoms. The number of hydrogen-bond donors (Lipinski definition) is 1. The van der Waals surface area contributed by atoms with Crippen molar-refractivity contribution in [1.82, 2.24) is 15.2 Å². The third-order valence-corrected chi connectivity index (χ3v) is 2.38. The first-order valence-corrected chi connectivity index (χ1v) is 5.67. The molecule has 17 heavy (non-hydrogen) atoms. The second-order valence-electron chi connectivity index (χ2n) is 4.06. The molecule has 90 valence electrons. The van der Waals surface area contributed by atoms with Gasteiger partial charge in [0, 0.05) is 12.1 Å². The highest BCUT2D eigenvalue weighted by molar-refractivity contribution is 5.48. The Kier molecular flexibility index (Phi) is 3.49. The van der Waals surface area contributed by atoms with Gasteiger partial charge in [0.2, 0.25) is 5.89 Å². The summed E-state index contributed by atoms with van der Waals surface area (Å²) in [6, 6.07) is 3.95. The molecule has 0 saturated carbocycles. The molecule has 5 heteroatoms. The van der Waals surface area contributed by atoms with E-state index in [-0.39, 0.29) is 0 Å². The number of nitrogens with two attached hydrogens (primary N) is 1. The molecular weight excluding hydrogens is 216 g/mol. The zero-order valence-corrected chi connectivity index (χ0v) is 10.1. The minimum atomic E-state index is 0.476. The maximum Gasteiger partial charge on any atom is 0.266 e. The first-order valence-electron chi connectivity index (χ1n) is 5.67. The van der Waals surface area contributed by atoms with E-state index in [2.05, 4.69) is 15.2 Å². The van der Waals surface area contributed by atoms with Crippen LogP contribution in [0, 0.1) is 13.8 Å². The Labute approximate surface area is 100 Å². The molecule has 2 heterocycles. The summed E-state index contributed by atoms with van der Waals surface area (Å²) in [5, 5.41) is 7.98. The van der Waals surface area contributed by atoms with E-state index in [9.17, 15) is 0 Å². The molecule has 0 aliphatic carbocycles. The van der Waals surface area contributed by atoms with Crippen molar-refractivity contribution in [2.45, 2.75) is 26.7 Å². The van der Waals surface area contributed by atoms with Crippen LogP contribution in [-0.4, -0.2) is 21.7 Å². The number of rotatable bonds is 4. The molecular formula is C12H16N4O. The first kappa shape index (κ1) is 11.7. The van der Waals surface area contributed by atoms with Gasteiger partial charge in [-0.2, -0.15) is 0 Å². The van der Waals surface area contributed by atoms with Gasteiger partial charge < -0.3 is 10.2 Å². The van der Waals surface area contributed by atoms with E-state index in [1.807, 2.05) is 26.0 Å². The Morgan fingerprint density at radius 3 is 2.76 bits per heavy atom. The van der Waals surface area contributed by atoms with Crippen LogP contribution < -0.4 is 5.73 Å². The molecule has 2 aromatic heterocycles. The van der Waals surface area contributed by atoms with Gasteiger partial charge in [0.25, 0.3) is 5.89 Å². The van der Waals surface area contributed by atoms with Crippen LogP contribution in [0.5, 0.6) is 0 Å². The molecule has 2 rings (SSSR count). The highest BCUT2D eigenvalue weighted by Gasteiger charge is 2.10. The normalized spacial score (nSPS) is 10.8. The Bertz CT molecular complexity index is 487. The van der Waals surface area contributed by atoms with Gasteiger partial charge in [-0.05, 0) is 44.5 Å². The van der Waals surface area contributed by atoms with Crippen LogP contribution in [0.25, 0.3) is 11.6 Å². The maximum atomic E-state index is 5.54. The number of aryl methyl sites for hydroxylation is 3. The highest BCUT2D eigenvalue weighted by Crippen LogP contribution is 2.17. The lowest BCUT2D eigenvalue weighted by molar-refractivity contribution is 0.497. The quantitative estimate of drug-likeness (QED) is 0.867. The fourth-order valence-electron chi connectivity index (χ4n) is 1.66. The summed E-state index contributed by atoms with van der Waals surface area (Å²) in [6.45, 7) is 4.59. The van der Waals surface area contributed by atoms with E-state index in [1.54, 1.807) is 0 Å². The molecule has 0 saturated heterocycles. The molecule has 0 aliphatic heterocycles. The van der Waals surface area contributed by atoms with Gasteiger partial charge in [0.05, 0.1) is 0 Å². The van der Waals surface area contributed by atoms with Crippen LogP contribution in [0.4, 0.5) is 0 Å². The van der Waals surface area contributed by atoms with Crippen molar-refractivity contribution in [3.05, 3.63) is 29.3 Å². The smallest absolute Gasteiger partial charge is 0.266 e. The Morgan fingerprint density at radius 2 is 2.06 bits per heavy atom. The van der Waals surface area contributed by atoms with Crippen LogP contribution in [0.2, 0.25) is 0 Å². The molecule has 0 fully saturated rings. The maximum absolute atomic E-state index is 5.54. The number of aromatic nitrogens is 3. The van der Waals surface area contributed by atoms with Crippen molar-refractivity contribution in [2.24, 2.45) is 5.73 Å². The first-order chi connectivity index (χ1) is 8.19. The summed E-state index contributed by atoms with van der Waals surface area (Å²) in [4.78, 5) is 4.38. The molecule has 0 atom stereocenters. The lowest BCUT2D eigenvalue weighted by Crippen LogP contribution is -2.00. The molecule has 2 N–H and O–H groups in total. The van der Waals surface area contributed by atoms with E-state index in [4.69, 9.17) is 10.2 Å². The number of pyridine rings is 1. The van der Waals surface area contributed by atoms with Crippen LogP contribution in [0.1, 0.15) is 23.6 Å². The summed E-state index contributed by atoms with van der Waals surface area (Å²) >= 11 is 0.